The Hall–Kier alpha value is -3.76. The maximum atomic E-state index is 11.5. The summed E-state index contributed by atoms with van der Waals surface area (Å²) in [6, 6.07) is 20.4. The van der Waals surface area contributed by atoms with Crippen LogP contribution in [0.5, 0.6) is 5.75 Å². The summed E-state index contributed by atoms with van der Waals surface area (Å²) in [7, 11) is -4.07. The van der Waals surface area contributed by atoms with E-state index in [0.29, 0.717) is 17.9 Å². The van der Waals surface area contributed by atoms with E-state index in [2.05, 4.69) is 10.5 Å². The van der Waals surface area contributed by atoms with Gasteiger partial charge in [-0.2, -0.15) is 5.10 Å². The molecule has 0 radical (unpaired) electrons. The fraction of sp³-hybridized carbons (Fsp3) is 0.0952. The molecule has 1 atom stereocenters. The third-order valence-electron chi connectivity index (χ3n) is 4.82. The summed E-state index contributed by atoms with van der Waals surface area (Å²) < 4.78 is 29.2. The first kappa shape index (κ1) is 20.5. The van der Waals surface area contributed by atoms with Gasteiger partial charge in [-0.1, -0.05) is 42.5 Å². The summed E-state index contributed by atoms with van der Waals surface area (Å²) in [5.41, 5.74) is 4.71. The Morgan fingerprint density at radius 3 is 2.48 bits per heavy atom. The third-order valence-corrected chi connectivity index (χ3v) is 5.73. The van der Waals surface area contributed by atoms with Crippen molar-refractivity contribution in [3.8, 4) is 5.75 Å². The zero-order chi connectivity index (χ0) is 22.0. The molecule has 1 heterocycles. The number of anilines is 1. The van der Waals surface area contributed by atoms with Crippen molar-refractivity contribution >= 4 is 27.1 Å². The van der Waals surface area contributed by atoms with Crippen molar-refractivity contribution in [1.29, 1.82) is 0 Å². The predicted octanol–water partition coefficient (Wildman–Crippen LogP) is 3.58. The molecule has 0 bridgehead atoms. The van der Waals surface area contributed by atoms with Crippen molar-refractivity contribution in [3.63, 3.8) is 0 Å². The maximum absolute atomic E-state index is 11.5. The summed E-state index contributed by atoms with van der Waals surface area (Å²) in [6.45, 7) is 0. The molecule has 0 saturated heterocycles. The summed E-state index contributed by atoms with van der Waals surface area (Å²) in [6.07, 6.45) is 0.174. The van der Waals surface area contributed by atoms with Gasteiger partial charge in [0.05, 0.1) is 15.5 Å². The molecular weight excluding hydrogens is 420 g/mol. The van der Waals surface area contributed by atoms with E-state index in [4.69, 9.17) is 9.88 Å². The highest BCUT2D eigenvalue weighted by Crippen LogP contribution is 2.35. The van der Waals surface area contributed by atoms with Crippen LogP contribution in [0.4, 0.5) is 11.4 Å². The molecule has 3 N–H and O–H groups in total. The summed E-state index contributed by atoms with van der Waals surface area (Å²) in [5, 5.41) is 20.9. The van der Waals surface area contributed by atoms with Gasteiger partial charge in [0.2, 0.25) is 10.0 Å². The molecule has 1 unspecified atom stereocenters. The van der Waals surface area contributed by atoms with Gasteiger partial charge in [0.1, 0.15) is 17.5 Å². The number of para-hydroxylation sites is 1. The predicted molar refractivity (Wildman–Crippen MR) is 115 cm³/mol. The summed E-state index contributed by atoms with van der Waals surface area (Å²) >= 11 is 0. The van der Waals surface area contributed by atoms with Crippen molar-refractivity contribution < 1.29 is 18.1 Å². The second-order valence-electron chi connectivity index (χ2n) is 6.87. The lowest BCUT2D eigenvalue weighted by atomic mass is 9.96. The number of fused-ring (bicyclic) bond motifs is 1. The number of nitro benzene ring substituents is 1. The molecule has 0 amide bonds. The number of nitrogens with one attached hydrogen (secondary N) is 1. The lowest BCUT2D eigenvalue weighted by Gasteiger charge is -2.27. The van der Waals surface area contributed by atoms with Gasteiger partial charge in [0.25, 0.3) is 5.69 Å². The van der Waals surface area contributed by atoms with E-state index in [-0.39, 0.29) is 16.7 Å². The Kier molecular flexibility index (Phi) is 5.40. The van der Waals surface area contributed by atoms with E-state index in [1.54, 1.807) is 0 Å². The standard InChI is InChI=1S/C21H18N4O5S/c22-31(28,29)15-10-11-17(19(12-15)25(26)27)23-24-18-13-21(14-6-2-1-3-7-14)30-20-9-5-4-8-16(18)20/h1-12,21,23H,13H2,(H2,22,28,29)/b24-18-. The largest absolute Gasteiger partial charge is 0.485 e. The van der Waals surface area contributed by atoms with E-state index in [1.807, 2.05) is 54.6 Å². The SMILES string of the molecule is NS(=O)(=O)c1ccc(N/N=C2/CC(c3ccccc3)Oc3ccccc32)c([N+](=O)[O-])c1. The first-order valence-corrected chi connectivity index (χ1v) is 10.8. The molecule has 158 valence electrons. The van der Waals surface area contributed by atoms with Crippen LogP contribution in [0, 0.1) is 10.1 Å². The number of nitrogens with zero attached hydrogens (tertiary/aromatic N) is 2. The van der Waals surface area contributed by atoms with Crippen LogP contribution in [-0.2, 0) is 10.0 Å². The normalized spacial score (nSPS) is 16.9. The minimum atomic E-state index is -4.07. The molecule has 9 nitrogen and oxygen atoms in total. The Morgan fingerprint density at radius 1 is 1.06 bits per heavy atom. The summed E-state index contributed by atoms with van der Waals surface area (Å²) in [4.78, 5) is 10.4. The fourth-order valence-corrected chi connectivity index (χ4v) is 3.84. The van der Waals surface area contributed by atoms with Gasteiger partial charge in [-0.25, -0.2) is 13.6 Å². The number of rotatable bonds is 5. The number of benzene rings is 3. The van der Waals surface area contributed by atoms with Crippen LogP contribution in [-0.4, -0.2) is 19.1 Å². The Morgan fingerprint density at radius 2 is 1.77 bits per heavy atom. The number of ether oxygens (including phenoxy) is 1. The topological polar surface area (TPSA) is 137 Å². The minimum absolute atomic E-state index is 0.0464. The molecule has 10 heteroatoms. The smallest absolute Gasteiger partial charge is 0.295 e. The second kappa shape index (κ2) is 8.17. The van der Waals surface area contributed by atoms with Gasteiger partial charge in [0, 0.05) is 18.1 Å². The van der Waals surface area contributed by atoms with Gasteiger partial charge >= 0.3 is 0 Å². The molecule has 0 fully saturated rings. The number of nitro groups is 1. The monoisotopic (exact) mass is 438 g/mol. The Balaban J connectivity index is 1.70. The van der Waals surface area contributed by atoms with Crippen molar-refractivity contribution in [2.45, 2.75) is 17.4 Å². The molecule has 31 heavy (non-hydrogen) atoms. The highest BCUT2D eigenvalue weighted by atomic mass is 32.2. The van der Waals surface area contributed by atoms with Crippen molar-refractivity contribution in [2.24, 2.45) is 10.2 Å². The van der Waals surface area contributed by atoms with Crippen molar-refractivity contribution in [1.82, 2.24) is 0 Å². The molecule has 0 aliphatic carbocycles. The van der Waals surface area contributed by atoms with E-state index in [9.17, 15) is 18.5 Å². The van der Waals surface area contributed by atoms with Crippen LogP contribution >= 0.6 is 0 Å². The molecule has 0 spiro atoms. The first-order valence-electron chi connectivity index (χ1n) is 9.28. The lowest BCUT2D eigenvalue weighted by molar-refractivity contribution is -0.384. The van der Waals surface area contributed by atoms with Crippen molar-refractivity contribution in [2.75, 3.05) is 5.43 Å². The molecule has 3 aromatic rings. The Labute approximate surface area is 178 Å². The zero-order valence-electron chi connectivity index (χ0n) is 16.1. The molecule has 1 aliphatic rings. The average Bonchev–Trinajstić information content (AvgIpc) is 2.77. The van der Waals surface area contributed by atoms with Gasteiger partial charge in [-0.15, -0.1) is 0 Å². The van der Waals surface area contributed by atoms with Crippen LogP contribution in [0.2, 0.25) is 0 Å². The lowest BCUT2D eigenvalue weighted by Crippen LogP contribution is -2.22. The highest BCUT2D eigenvalue weighted by molar-refractivity contribution is 7.89. The van der Waals surface area contributed by atoms with Crippen LogP contribution < -0.4 is 15.3 Å². The number of hydrazone groups is 1. The third kappa shape index (κ3) is 4.39. The van der Waals surface area contributed by atoms with E-state index >= 15 is 0 Å². The second-order valence-corrected chi connectivity index (χ2v) is 8.43. The molecule has 1 aliphatic heterocycles. The van der Waals surface area contributed by atoms with Crippen LogP contribution in [0.1, 0.15) is 23.7 Å². The molecule has 0 saturated carbocycles. The van der Waals surface area contributed by atoms with Crippen molar-refractivity contribution in [3.05, 3.63) is 94.0 Å². The minimum Gasteiger partial charge on any atom is -0.485 e. The molecule has 4 rings (SSSR count). The van der Waals surface area contributed by atoms with Crippen LogP contribution in [0.15, 0.2) is 82.8 Å². The van der Waals surface area contributed by atoms with Crippen LogP contribution in [0.3, 0.4) is 0 Å². The maximum Gasteiger partial charge on any atom is 0.295 e. The van der Waals surface area contributed by atoms with Gasteiger partial charge in [-0.05, 0) is 29.8 Å². The van der Waals surface area contributed by atoms with E-state index in [1.165, 1.54) is 12.1 Å². The molecule has 0 aromatic heterocycles. The number of sulfonamides is 1. The van der Waals surface area contributed by atoms with Gasteiger partial charge < -0.3 is 4.74 Å². The Bertz CT molecular complexity index is 1280. The average molecular weight is 438 g/mol. The van der Waals surface area contributed by atoms with E-state index < -0.39 is 20.6 Å². The summed E-state index contributed by atoms with van der Waals surface area (Å²) in [5.74, 6) is 0.655. The van der Waals surface area contributed by atoms with E-state index in [0.717, 1.165) is 17.2 Å². The number of hydrogen-bond donors (Lipinski definition) is 2. The number of nitrogens with two attached hydrogens (primary N) is 1. The van der Waals surface area contributed by atoms with Crippen LogP contribution in [0.25, 0.3) is 0 Å². The van der Waals surface area contributed by atoms with Gasteiger partial charge in [0.15, 0.2) is 0 Å². The first-order chi connectivity index (χ1) is 14.8. The fourth-order valence-electron chi connectivity index (χ4n) is 3.31. The zero-order valence-corrected chi connectivity index (χ0v) is 17.0. The highest BCUT2D eigenvalue weighted by Gasteiger charge is 2.26. The number of hydrogen-bond acceptors (Lipinski definition) is 7. The number of primary sulfonamides is 1. The molecular formula is C21H18N4O5S. The van der Waals surface area contributed by atoms with Gasteiger partial charge in [-0.3, -0.25) is 15.5 Å². The molecule has 3 aromatic carbocycles. The quantitative estimate of drug-likeness (QED) is 0.461.